The van der Waals surface area contributed by atoms with Gasteiger partial charge in [-0.1, -0.05) is 19.8 Å². The van der Waals surface area contributed by atoms with E-state index in [9.17, 15) is 13.2 Å². The molecule has 1 aliphatic carbocycles. The van der Waals surface area contributed by atoms with Gasteiger partial charge in [-0.3, -0.25) is 9.52 Å². The number of ether oxygens (including phenoxy) is 1. The Bertz CT molecular complexity index is 671. The van der Waals surface area contributed by atoms with Crippen molar-refractivity contribution >= 4 is 21.6 Å². The Morgan fingerprint density at radius 2 is 1.92 bits per heavy atom. The first kappa shape index (κ1) is 19.6. The minimum absolute atomic E-state index is 0.0498. The number of rotatable bonds is 7. The van der Waals surface area contributed by atoms with Crippen molar-refractivity contribution in [3.05, 3.63) is 24.3 Å². The molecule has 1 amide bonds. The molecule has 25 heavy (non-hydrogen) atoms. The van der Waals surface area contributed by atoms with E-state index in [1.807, 2.05) is 13.8 Å². The van der Waals surface area contributed by atoms with Crippen molar-refractivity contribution in [2.75, 3.05) is 10.5 Å². The van der Waals surface area contributed by atoms with Crippen molar-refractivity contribution in [2.45, 2.75) is 58.6 Å². The second-order valence-electron chi connectivity index (χ2n) is 7.09. The summed E-state index contributed by atoms with van der Waals surface area (Å²) >= 11 is 0. The molecule has 1 fully saturated rings. The number of benzene rings is 1. The Morgan fingerprint density at radius 3 is 2.52 bits per heavy atom. The van der Waals surface area contributed by atoms with E-state index in [-0.39, 0.29) is 12.1 Å². The van der Waals surface area contributed by atoms with Crippen molar-refractivity contribution in [1.82, 2.24) is 5.32 Å². The Balaban J connectivity index is 1.87. The summed E-state index contributed by atoms with van der Waals surface area (Å²) in [5.41, 5.74) is 0.412. The van der Waals surface area contributed by atoms with Gasteiger partial charge in [0.2, 0.25) is 15.9 Å². The smallest absolute Gasteiger partial charge is 0.241 e. The molecule has 2 unspecified atom stereocenters. The first-order valence-corrected chi connectivity index (χ1v) is 10.5. The first-order valence-electron chi connectivity index (χ1n) is 8.80. The highest BCUT2D eigenvalue weighted by atomic mass is 32.2. The fourth-order valence-corrected chi connectivity index (χ4v) is 4.09. The molecule has 0 saturated heterocycles. The third kappa shape index (κ3) is 6.94. The molecule has 1 saturated carbocycles. The number of hydrogen-bond donors (Lipinski definition) is 2. The van der Waals surface area contributed by atoms with E-state index in [0.717, 1.165) is 19.3 Å². The van der Waals surface area contributed by atoms with Crippen LogP contribution >= 0.6 is 0 Å². The molecular formula is C18H28N2O4S. The van der Waals surface area contributed by atoms with Crippen LogP contribution < -0.4 is 14.8 Å². The van der Waals surface area contributed by atoms with Crippen molar-refractivity contribution < 1.29 is 17.9 Å². The SMILES string of the molecule is CC1CCCC(NC(=O)CS(=O)(=O)Nc2ccc(OC(C)C)cc2)C1. The molecule has 0 radical (unpaired) electrons. The van der Waals surface area contributed by atoms with Gasteiger partial charge in [0.05, 0.1) is 6.10 Å². The summed E-state index contributed by atoms with van der Waals surface area (Å²) < 4.78 is 32.3. The van der Waals surface area contributed by atoms with Crippen molar-refractivity contribution in [3.8, 4) is 5.75 Å². The fourth-order valence-electron chi connectivity index (χ4n) is 3.10. The summed E-state index contributed by atoms with van der Waals surface area (Å²) in [6.07, 6.45) is 4.12. The summed E-state index contributed by atoms with van der Waals surface area (Å²) in [6.45, 7) is 5.99. The molecule has 6 nitrogen and oxygen atoms in total. The van der Waals surface area contributed by atoms with Gasteiger partial charge in [-0.05, 0) is 56.9 Å². The van der Waals surface area contributed by atoms with Crippen LogP contribution in [0.5, 0.6) is 5.75 Å². The van der Waals surface area contributed by atoms with Gasteiger partial charge in [0.15, 0.2) is 0 Å². The van der Waals surface area contributed by atoms with E-state index in [2.05, 4.69) is 17.0 Å². The molecule has 2 rings (SSSR count). The monoisotopic (exact) mass is 368 g/mol. The van der Waals surface area contributed by atoms with E-state index >= 15 is 0 Å². The third-order valence-corrected chi connectivity index (χ3v) is 5.31. The van der Waals surface area contributed by atoms with E-state index < -0.39 is 21.7 Å². The van der Waals surface area contributed by atoms with E-state index in [0.29, 0.717) is 17.4 Å². The number of nitrogens with one attached hydrogen (secondary N) is 2. The normalized spacial score (nSPS) is 21.0. The minimum atomic E-state index is -3.74. The van der Waals surface area contributed by atoms with Crippen LogP contribution in [-0.2, 0) is 14.8 Å². The molecule has 0 heterocycles. The molecule has 1 aliphatic rings. The van der Waals surface area contributed by atoms with Crippen LogP contribution in [0.1, 0.15) is 46.5 Å². The fraction of sp³-hybridized carbons (Fsp3) is 0.611. The quantitative estimate of drug-likeness (QED) is 0.775. The van der Waals surface area contributed by atoms with Gasteiger partial charge in [0.25, 0.3) is 0 Å². The van der Waals surface area contributed by atoms with Crippen LogP contribution in [0.3, 0.4) is 0 Å². The topological polar surface area (TPSA) is 84.5 Å². The van der Waals surface area contributed by atoms with Gasteiger partial charge in [-0.25, -0.2) is 8.42 Å². The van der Waals surface area contributed by atoms with Crippen molar-refractivity contribution in [2.24, 2.45) is 5.92 Å². The molecule has 0 aliphatic heterocycles. The molecule has 2 atom stereocenters. The minimum Gasteiger partial charge on any atom is -0.491 e. The lowest BCUT2D eigenvalue weighted by Gasteiger charge is -2.27. The number of sulfonamides is 1. The largest absolute Gasteiger partial charge is 0.491 e. The highest BCUT2D eigenvalue weighted by Gasteiger charge is 2.23. The Hall–Kier alpha value is -1.76. The van der Waals surface area contributed by atoms with Crippen LogP contribution in [0.15, 0.2) is 24.3 Å². The van der Waals surface area contributed by atoms with Crippen LogP contribution in [-0.4, -0.2) is 32.2 Å². The van der Waals surface area contributed by atoms with E-state index in [1.54, 1.807) is 24.3 Å². The average molecular weight is 368 g/mol. The number of anilines is 1. The maximum atomic E-state index is 12.2. The van der Waals surface area contributed by atoms with Crippen LogP contribution in [0, 0.1) is 5.92 Å². The lowest BCUT2D eigenvalue weighted by molar-refractivity contribution is -0.119. The Labute approximate surface area is 150 Å². The average Bonchev–Trinajstić information content (AvgIpc) is 2.47. The molecule has 0 spiro atoms. The van der Waals surface area contributed by atoms with Gasteiger partial charge in [0.1, 0.15) is 11.5 Å². The lowest BCUT2D eigenvalue weighted by atomic mass is 9.87. The summed E-state index contributed by atoms with van der Waals surface area (Å²) in [7, 11) is -3.74. The number of hydrogen-bond acceptors (Lipinski definition) is 4. The zero-order chi connectivity index (χ0) is 18.4. The maximum absolute atomic E-state index is 12.2. The Morgan fingerprint density at radius 1 is 1.24 bits per heavy atom. The number of carbonyl (C=O) groups is 1. The van der Waals surface area contributed by atoms with Crippen molar-refractivity contribution in [3.63, 3.8) is 0 Å². The molecular weight excluding hydrogens is 340 g/mol. The summed E-state index contributed by atoms with van der Waals surface area (Å²) in [5.74, 6) is 0.219. The summed E-state index contributed by atoms with van der Waals surface area (Å²) in [6, 6.07) is 6.72. The molecule has 1 aromatic rings. The number of carbonyl (C=O) groups excluding carboxylic acids is 1. The van der Waals surface area contributed by atoms with Gasteiger partial charge in [-0.15, -0.1) is 0 Å². The van der Waals surface area contributed by atoms with Gasteiger partial charge >= 0.3 is 0 Å². The molecule has 0 aromatic heterocycles. The molecule has 140 valence electrons. The zero-order valence-electron chi connectivity index (χ0n) is 15.1. The Kier molecular flexibility index (Phi) is 6.70. The van der Waals surface area contributed by atoms with E-state index in [1.165, 1.54) is 6.42 Å². The molecule has 1 aromatic carbocycles. The standard InChI is InChI=1S/C18H28N2O4S/c1-13(2)24-17-9-7-15(8-10-17)20-25(22,23)12-18(21)19-16-6-4-5-14(3)11-16/h7-10,13-14,16,20H,4-6,11-12H2,1-3H3,(H,19,21). The molecule has 7 heteroatoms. The van der Waals surface area contributed by atoms with Gasteiger partial charge in [0, 0.05) is 11.7 Å². The highest BCUT2D eigenvalue weighted by Crippen LogP contribution is 2.23. The van der Waals surface area contributed by atoms with Crippen LogP contribution in [0.4, 0.5) is 5.69 Å². The zero-order valence-corrected chi connectivity index (χ0v) is 15.9. The molecule has 0 bridgehead atoms. The van der Waals surface area contributed by atoms with E-state index in [4.69, 9.17) is 4.74 Å². The summed E-state index contributed by atoms with van der Waals surface area (Å²) in [5, 5.41) is 2.84. The van der Waals surface area contributed by atoms with Gasteiger partial charge in [-0.2, -0.15) is 0 Å². The third-order valence-electron chi connectivity index (χ3n) is 4.12. The lowest BCUT2D eigenvalue weighted by Crippen LogP contribution is -2.41. The second-order valence-corrected chi connectivity index (χ2v) is 8.81. The highest BCUT2D eigenvalue weighted by molar-refractivity contribution is 7.93. The molecule has 2 N–H and O–H groups in total. The summed E-state index contributed by atoms with van der Waals surface area (Å²) in [4.78, 5) is 12.0. The van der Waals surface area contributed by atoms with Crippen molar-refractivity contribution in [1.29, 1.82) is 0 Å². The first-order chi connectivity index (χ1) is 11.7. The van der Waals surface area contributed by atoms with Crippen LogP contribution in [0.25, 0.3) is 0 Å². The van der Waals surface area contributed by atoms with Crippen LogP contribution in [0.2, 0.25) is 0 Å². The second kappa shape index (κ2) is 8.56. The van der Waals surface area contributed by atoms with Gasteiger partial charge < -0.3 is 10.1 Å². The predicted octanol–water partition coefficient (Wildman–Crippen LogP) is 2.91. The predicted molar refractivity (Wildman–Crippen MR) is 99.2 cm³/mol. The number of amides is 1. The maximum Gasteiger partial charge on any atom is 0.241 e.